The van der Waals surface area contributed by atoms with Crippen LogP contribution in [0.15, 0.2) is 49.1 Å². The van der Waals surface area contributed by atoms with E-state index >= 15 is 0 Å². The summed E-state index contributed by atoms with van der Waals surface area (Å²) in [5.41, 5.74) is 1.94. The quantitative estimate of drug-likeness (QED) is 0.791. The molecule has 5 heteroatoms. The van der Waals surface area contributed by atoms with E-state index in [2.05, 4.69) is 11.9 Å². The summed E-state index contributed by atoms with van der Waals surface area (Å²) in [6.07, 6.45) is 2.27. The predicted molar refractivity (Wildman–Crippen MR) is 91.0 cm³/mol. The molecular formula is C19H20FNO3. The average Bonchev–Trinajstić information content (AvgIpc) is 2.59. The summed E-state index contributed by atoms with van der Waals surface area (Å²) in [5.74, 6) is 0.457. The van der Waals surface area contributed by atoms with Crippen LogP contribution in [0.2, 0.25) is 0 Å². The van der Waals surface area contributed by atoms with Gasteiger partial charge in [-0.15, -0.1) is 6.58 Å². The molecule has 0 spiro atoms. The summed E-state index contributed by atoms with van der Waals surface area (Å²) in [5, 5.41) is 2.77. The lowest BCUT2D eigenvalue weighted by molar-refractivity contribution is 0.0950. The second-order valence-electron chi connectivity index (χ2n) is 5.18. The number of benzene rings is 2. The van der Waals surface area contributed by atoms with E-state index in [1.165, 1.54) is 19.2 Å². The minimum Gasteiger partial charge on any atom is -0.493 e. The number of methoxy groups -OCH3 is 2. The fraction of sp³-hybridized carbons (Fsp3) is 0.211. The largest absolute Gasteiger partial charge is 0.493 e. The maximum absolute atomic E-state index is 13.2. The molecule has 24 heavy (non-hydrogen) atoms. The van der Waals surface area contributed by atoms with Gasteiger partial charge in [0.2, 0.25) is 0 Å². The van der Waals surface area contributed by atoms with Crippen LogP contribution in [0.5, 0.6) is 11.5 Å². The Balaban J connectivity index is 2.22. The van der Waals surface area contributed by atoms with Gasteiger partial charge in [0.05, 0.1) is 14.2 Å². The highest BCUT2D eigenvalue weighted by Gasteiger charge is 2.15. The van der Waals surface area contributed by atoms with Crippen molar-refractivity contribution in [3.63, 3.8) is 0 Å². The van der Waals surface area contributed by atoms with Gasteiger partial charge in [0, 0.05) is 17.7 Å². The lowest BCUT2D eigenvalue weighted by atomic mass is 10.0. The minimum atomic E-state index is -0.332. The van der Waals surface area contributed by atoms with Crippen molar-refractivity contribution in [3.8, 4) is 11.5 Å². The van der Waals surface area contributed by atoms with Gasteiger partial charge >= 0.3 is 0 Å². The number of ether oxygens (including phenoxy) is 2. The molecule has 0 saturated carbocycles. The molecule has 0 unspecified atom stereocenters. The van der Waals surface area contributed by atoms with E-state index in [1.54, 1.807) is 37.5 Å². The van der Waals surface area contributed by atoms with E-state index in [4.69, 9.17) is 9.47 Å². The molecule has 4 nitrogen and oxygen atoms in total. The van der Waals surface area contributed by atoms with Crippen LogP contribution in [0, 0.1) is 5.82 Å². The van der Waals surface area contributed by atoms with Crippen molar-refractivity contribution in [1.29, 1.82) is 0 Å². The van der Waals surface area contributed by atoms with Crippen molar-refractivity contribution < 1.29 is 18.7 Å². The molecule has 0 radical (unpaired) electrons. The monoisotopic (exact) mass is 329 g/mol. The molecule has 0 aliphatic heterocycles. The maximum Gasteiger partial charge on any atom is 0.251 e. The molecule has 2 aromatic carbocycles. The first-order valence-electron chi connectivity index (χ1n) is 7.47. The molecule has 1 amide bonds. The number of carbonyl (C=O) groups is 1. The minimum absolute atomic E-state index is 0.238. The number of rotatable bonds is 7. The molecule has 0 bridgehead atoms. The van der Waals surface area contributed by atoms with Crippen LogP contribution in [0.3, 0.4) is 0 Å². The molecule has 2 aromatic rings. The number of halogens is 1. The molecule has 126 valence electrons. The third-order valence-corrected chi connectivity index (χ3v) is 3.52. The fourth-order valence-corrected chi connectivity index (χ4v) is 2.41. The molecule has 0 heterocycles. The van der Waals surface area contributed by atoms with Gasteiger partial charge in [-0.3, -0.25) is 4.79 Å². The van der Waals surface area contributed by atoms with Gasteiger partial charge in [0.1, 0.15) is 5.82 Å². The number of hydrogen-bond acceptors (Lipinski definition) is 3. The molecule has 0 saturated heterocycles. The fourth-order valence-electron chi connectivity index (χ4n) is 2.41. The van der Waals surface area contributed by atoms with Crippen LogP contribution in [-0.4, -0.2) is 20.1 Å². The Morgan fingerprint density at radius 3 is 2.67 bits per heavy atom. The van der Waals surface area contributed by atoms with Crippen molar-refractivity contribution in [2.24, 2.45) is 0 Å². The summed E-state index contributed by atoms with van der Waals surface area (Å²) in [6, 6.07) is 9.46. The van der Waals surface area contributed by atoms with Gasteiger partial charge in [-0.05, 0) is 36.2 Å². The van der Waals surface area contributed by atoms with Crippen molar-refractivity contribution in [3.05, 3.63) is 71.6 Å². The second kappa shape index (κ2) is 8.15. The van der Waals surface area contributed by atoms with Gasteiger partial charge in [-0.25, -0.2) is 4.39 Å². The molecule has 1 N–H and O–H groups in total. The SMILES string of the molecule is C=CCc1cc(C(=O)NCc2cccc(F)c2)cc(OC)c1OC. The summed E-state index contributed by atoms with van der Waals surface area (Å²) >= 11 is 0. The van der Waals surface area contributed by atoms with Crippen LogP contribution < -0.4 is 14.8 Å². The Morgan fingerprint density at radius 2 is 2.04 bits per heavy atom. The standard InChI is InChI=1S/C19H20FNO3/c1-4-6-14-10-15(11-17(23-2)18(14)24-3)19(22)21-12-13-7-5-8-16(20)9-13/h4-5,7-11H,1,6,12H2,2-3H3,(H,21,22). The zero-order chi connectivity index (χ0) is 17.5. The Bertz CT molecular complexity index is 743. The van der Waals surface area contributed by atoms with Gasteiger partial charge in [0.15, 0.2) is 11.5 Å². The van der Waals surface area contributed by atoms with Crippen molar-refractivity contribution in [2.75, 3.05) is 14.2 Å². The van der Waals surface area contributed by atoms with E-state index in [0.717, 1.165) is 5.56 Å². The summed E-state index contributed by atoms with van der Waals surface area (Å²) < 4.78 is 23.8. The van der Waals surface area contributed by atoms with Crippen LogP contribution in [0.25, 0.3) is 0 Å². The van der Waals surface area contributed by atoms with Crippen LogP contribution in [0.1, 0.15) is 21.5 Å². The van der Waals surface area contributed by atoms with Crippen molar-refractivity contribution in [2.45, 2.75) is 13.0 Å². The lowest BCUT2D eigenvalue weighted by Crippen LogP contribution is -2.23. The first-order chi connectivity index (χ1) is 11.6. The summed E-state index contributed by atoms with van der Waals surface area (Å²) in [6.45, 7) is 3.95. The number of allylic oxidation sites excluding steroid dienone is 1. The molecule has 0 fully saturated rings. The average molecular weight is 329 g/mol. The first kappa shape index (κ1) is 17.5. The van der Waals surface area contributed by atoms with Gasteiger partial charge in [-0.1, -0.05) is 18.2 Å². The molecule has 0 aliphatic carbocycles. The highest BCUT2D eigenvalue weighted by atomic mass is 19.1. The van der Waals surface area contributed by atoms with Gasteiger partial charge in [0.25, 0.3) is 5.91 Å². The van der Waals surface area contributed by atoms with Gasteiger partial charge in [-0.2, -0.15) is 0 Å². The van der Waals surface area contributed by atoms with E-state index in [-0.39, 0.29) is 18.3 Å². The van der Waals surface area contributed by atoms with E-state index < -0.39 is 0 Å². The van der Waals surface area contributed by atoms with Gasteiger partial charge < -0.3 is 14.8 Å². The Morgan fingerprint density at radius 1 is 1.25 bits per heavy atom. The highest BCUT2D eigenvalue weighted by Crippen LogP contribution is 2.33. The predicted octanol–water partition coefficient (Wildman–Crippen LogP) is 3.50. The normalized spacial score (nSPS) is 10.1. The Kier molecular flexibility index (Phi) is 5.95. The summed E-state index contributed by atoms with van der Waals surface area (Å²) in [4.78, 5) is 12.4. The van der Waals surface area contributed by atoms with Crippen LogP contribution in [-0.2, 0) is 13.0 Å². The Labute approximate surface area is 140 Å². The van der Waals surface area contributed by atoms with Crippen LogP contribution >= 0.6 is 0 Å². The number of amides is 1. The van der Waals surface area contributed by atoms with E-state index in [1.807, 2.05) is 0 Å². The molecular weight excluding hydrogens is 309 g/mol. The molecule has 2 rings (SSSR count). The van der Waals surface area contributed by atoms with Crippen molar-refractivity contribution >= 4 is 5.91 Å². The second-order valence-corrected chi connectivity index (χ2v) is 5.18. The topological polar surface area (TPSA) is 47.6 Å². The first-order valence-corrected chi connectivity index (χ1v) is 7.47. The third kappa shape index (κ3) is 4.13. The highest BCUT2D eigenvalue weighted by molar-refractivity contribution is 5.95. The number of carbonyl (C=O) groups excluding carboxylic acids is 1. The zero-order valence-electron chi connectivity index (χ0n) is 13.8. The number of hydrogen-bond donors (Lipinski definition) is 1. The maximum atomic E-state index is 13.2. The zero-order valence-corrected chi connectivity index (χ0v) is 13.8. The molecule has 0 aliphatic rings. The van der Waals surface area contributed by atoms with E-state index in [0.29, 0.717) is 29.0 Å². The molecule has 0 aromatic heterocycles. The van der Waals surface area contributed by atoms with Crippen LogP contribution in [0.4, 0.5) is 4.39 Å². The smallest absolute Gasteiger partial charge is 0.251 e. The number of nitrogens with one attached hydrogen (secondary N) is 1. The van der Waals surface area contributed by atoms with E-state index in [9.17, 15) is 9.18 Å². The lowest BCUT2D eigenvalue weighted by Gasteiger charge is -2.14. The van der Waals surface area contributed by atoms with Crippen molar-refractivity contribution in [1.82, 2.24) is 5.32 Å². The molecule has 0 atom stereocenters. The summed E-state index contributed by atoms with van der Waals surface area (Å²) in [7, 11) is 3.07. The Hall–Kier alpha value is -2.82. The third-order valence-electron chi connectivity index (χ3n) is 3.52.